The van der Waals surface area contributed by atoms with Gasteiger partial charge in [-0.1, -0.05) is 5.92 Å². The van der Waals surface area contributed by atoms with Gasteiger partial charge in [-0.15, -0.1) is 0 Å². The van der Waals surface area contributed by atoms with Gasteiger partial charge in [0.2, 0.25) is 5.76 Å². The molecule has 0 saturated heterocycles. The number of nitriles is 2. The highest BCUT2D eigenvalue weighted by Crippen LogP contribution is 2.12. The fourth-order valence-corrected chi connectivity index (χ4v) is 0.611. The Morgan fingerprint density at radius 3 is 2.27 bits per heavy atom. The van der Waals surface area contributed by atoms with E-state index in [9.17, 15) is 0 Å². The Morgan fingerprint density at radius 1 is 1.13 bits per heavy atom. The topological polar surface area (TPSA) is 56.8 Å². The predicted octanol–water partition coefficient (Wildman–Crippen LogP) is 1.74. The molecular formula is C12H10N2O. The van der Waals surface area contributed by atoms with Gasteiger partial charge in [0, 0.05) is 17.9 Å². The molecule has 3 heteroatoms. The van der Waals surface area contributed by atoms with Gasteiger partial charge in [-0.2, -0.15) is 10.5 Å². The van der Waals surface area contributed by atoms with E-state index >= 15 is 0 Å². The molecule has 0 atom stereocenters. The first-order valence-electron chi connectivity index (χ1n) is 4.18. The van der Waals surface area contributed by atoms with Crippen LogP contribution in [-0.4, -0.2) is 5.60 Å². The Balaban J connectivity index is 4.57. The first-order valence-corrected chi connectivity index (χ1v) is 4.18. The number of ether oxygens (including phenoxy) is 1. The Labute approximate surface area is 90.0 Å². The van der Waals surface area contributed by atoms with E-state index in [1.165, 1.54) is 6.08 Å². The average Bonchev–Trinajstić information content (AvgIpc) is 2.14. The van der Waals surface area contributed by atoms with Crippen LogP contribution < -0.4 is 0 Å². The van der Waals surface area contributed by atoms with Gasteiger partial charge in [0.05, 0.1) is 0 Å². The van der Waals surface area contributed by atoms with Gasteiger partial charge in [-0.05, 0) is 26.7 Å². The standard InChI is InChI=1S/C12H10N2O/c1-12(2,3)15-11(10-14)8-6-4-5-7-9-13/h8H,1-3H3/b11-8-. The predicted molar refractivity (Wildman–Crippen MR) is 55.7 cm³/mol. The first-order chi connectivity index (χ1) is 6.99. The summed E-state index contributed by atoms with van der Waals surface area (Å²) in [6, 6.07) is 3.50. The number of hydrogen-bond donors (Lipinski definition) is 0. The monoisotopic (exact) mass is 198 g/mol. The van der Waals surface area contributed by atoms with Crippen molar-refractivity contribution in [2.75, 3.05) is 0 Å². The molecule has 0 spiro atoms. The molecule has 0 radical (unpaired) electrons. The summed E-state index contributed by atoms with van der Waals surface area (Å²) in [5, 5.41) is 16.8. The van der Waals surface area contributed by atoms with Crippen molar-refractivity contribution in [3.63, 3.8) is 0 Å². The maximum atomic E-state index is 8.69. The van der Waals surface area contributed by atoms with Crippen LogP contribution in [-0.2, 0) is 4.74 Å². The van der Waals surface area contributed by atoms with Crippen LogP contribution in [0.2, 0.25) is 0 Å². The molecule has 0 aromatic rings. The lowest BCUT2D eigenvalue weighted by molar-refractivity contribution is 0.0618. The maximum Gasteiger partial charge on any atom is 0.206 e. The highest BCUT2D eigenvalue weighted by atomic mass is 16.5. The summed E-state index contributed by atoms with van der Waals surface area (Å²) in [7, 11) is 0. The van der Waals surface area contributed by atoms with E-state index in [1.54, 1.807) is 6.07 Å². The summed E-state index contributed by atoms with van der Waals surface area (Å²) >= 11 is 0. The van der Waals surface area contributed by atoms with Gasteiger partial charge in [-0.25, -0.2) is 0 Å². The Hall–Kier alpha value is -2.36. The third-order valence-electron chi connectivity index (χ3n) is 0.983. The Kier molecular flexibility index (Phi) is 5.18. The fourth-order valence-electron chi connectivity index (χ4n) is 0.611. The van der Waals surface area contributed by atoms with Crippen molar-refractivity contribution in [1.29, 1.82) is 10.5 Å². The number of hydrogen-bond acceptors (Lipinski definition) is 3. The zero-order chi connectivity index (χ0) is 11.7. The van der Waals surface area contributed by atoms with E-state index in [0.717, 1.165) is 0 Å². The third-order valence-corrected chi connectivity index (χ3v) is 0.983. The second-order valence-corrected chi connectivity index (χ2v) is 3.47. The summed E-state index contributed by atoms with van der Waals surface area (Å²) in [6.07, 6.45) is 1.33. The second kappa shape index (κ2) is 6.15. The largest absolute Gasteiger partial charge is 0.477 e. The number of nitrogens with zero attached hydrogens (tertiary/aromatic N) is 2. The number of rotatable bonds is 1. The van der Waals surface area contributed by atoms with Crippen molar-refractivity contribution < 1.29 is 4.74 Å². The smallest absolute Gasteiger partial charge is 0.206 e. The molecule has 0 amide bonds. The molecule has 0 aliphatic rings. The minimum absolute atomic E-state index is 0.133. The van der Waals surface area contributed by atoms with E-state index < -0.39 is 5.60 Å². The molecular weight excluding hydrogens is 188 g/mol. The van der Waals surface area contributed by atoms with Gasteiger partial charge in [0.1, 0.15) is 11.7 Å². The molecule has 0 fully saturated rings. The molecule has 3 nitrogen and oxygen atoms in total. The van der Waals surface area contributed by atoms with Crippen LogP contribution in [0.3, 0.4) is 0 Å². The van der Waals surface area contributed by atoms with E-state index in [4.69, 9.17) is 15.3 Å². The van der Waals surface area contributed by atoms with Crippen LogP contribution >= 0.6 is 0 Å². The van der Waals surface area contributed by atoms with Gasteiger partial charge in [0.25, 0.3) is 0 Å². The lowest BCUT2D eigenvalue weighted by Crippen LogP contribution is -2.18. The summed E-state index contributed by atoms with van der Waals surface area (Å²) < 4.78 is 5.28. The molecule has 0 rings (SSSR count). The summed E-state index contributed by atoms with van der Waals surface area (Å²) in [6.45, 7) is 5.50. The number of allylic oxidation sites excluding steroid dienone is 2. The SMILES string of the molecule is CC(C)(C)O/C(C#N)=C\C#CC#CC#N. The zero-order valence-electron chi connectivity index (χ0n) is 8.88. The minimum Gasteiger partial charge on any atom is -0.477 e. The van der Waals surface area contributed by atoms with Crippen LogP contribution in [0.1, 0.15) is 20.8 Å². The molecule has 0 aromatic heterocycles. The van der Waals surface area contributed by atoms with E-state index in [2.05, 4.69) is 23.7 Å². The second-order valence-electron chi connectivity index (χ2n) is 3.47. The van der Waals surface area contributed by atoms with Gasteiger partial charge in [-0.3, -0.25) is 0 Å². The molecule has 0 N–H and O–H groups in total. The van der Waals surface area contributed by atoms with Crippen molar-refractivity contribution >= 4 is 0 Å². The van der Waals surface area contributed by atoms with Gasteiger partial charge < -0.3 is 4.74 Å². The third kappa shape index (κ3) is 7.98. The highest BCUT2D eigenvalue weighted by molar-refractivity contribution is 5.36. The van der Waals surface area contributed by atoms with E-state index in [-0.39, 0.29) is 5.76 Å². The van der Waals surface area contributed by atoms with E-state index in [1.807, 2.05) is 26.8 Å². The summed E-state index contributed by atoms with van der Waals surface area (Å²) in [5.74, 6) is 9.45. The molecule has 0 aliphatic carbocycles. The van der Waals surface area contributed by atoms with Gasteiger partial charge in [0.15, 0.2) is 6.07 Å². The lowest BCUT2D eigenvalue weighted by Gasteiger charge is -2.19. The summed E-state index contributed by atoms with van der Waals surface area (Å²) in [4.78, 5) is 0. The summed E-state index contributed by atoms with van der Waals surface area (Å²) in [5.41, 5.74) is -0.429. The molecule has 0 unspecified atom stereocenters. The van der Waals surface area contributed by atoms with Crippen molar-refractivity contribution in [2.24, 2.45) is 0 Å². The maximum absolute atomic E-state index is 8.69. The zero-order valence-corrected chi connectivity index (χ0v) is 8.88. The molecule has 0 heterocycles. The molecule has 0 bridgehead atoms. The van der Waals surface area contributed by atoms with Crippen molar-refractivity contribution in [3.05, 3.63) is 11.8 Å². The van der Waals surface area contributed by atoms with Crippen LogP contribution in [0.5, 0.6) is 0 Å². The highest BCUT2D eigenvalue weighted by Gasteiger charge is 2.12. The average molecular weight is 198 g/mol. The van der Waals surface area contributed by atoms with Crippen LogP contribution in [0.15, 0.2) is 11.8 Å². The molecule has 0 aliphatic heterocycles. The minimum atomic E-state index is -0.429. The first kappa shape index (κ1) is 12.6. The van der Waals surface area contributed by atoms with Crippen molar-refractivity contribution in [1.82, 2.24) is 0 Å². The quantitative estimate of drug-likeness (QED) is 0.366. The molecule has 15 heavy (non-hydrogen) atoms. The van der Waals surface area contributed by atoms with Crippen LogP contribution in [0, 0.1) is 46.3 Å². The lowest BCUT2D eigenvalue weighted by atomic mass is 10.2. The Bertz CT molecular complexity index is 445. The molecule has 0 aromatic carbocycles. The normalized spacial score (nSPS) is 9.53. The van der Waals surface area contributed by atoms with Crippen molar-refractivity contribution in [2.45, 2.75) is 26.4 Å². The van der Waals surface area contributed by atoms with Crippen LogP contribution in [0.25, 0.3) is 0 Å². The van der Waals surface area contributed by atoms with E-state index in [0.29, 0.717) is 0 Å². The van der Waals surface area contributed by atoms with Gasteiger partial charge >= 0.3 is 0 Å². The Morgan fingerprint density at radius 2 is 1.80 bits per heavy atom. The van der Waals surface area contributed by atoms with Crippen LogP contribution in [0.4, 0.5) is 0 Å². The molecule has 74 valence electrons. The molecule has 0 saturated carbocycles. The fraction of sp³-hybridized carbons (Fsp3) is 0.333. The van der Waals surface area contributed by atoms with Crippen molar-refractivity contribution in [3.8, 4) is 35.8 Å².